The number of rotatable bonds is 57. The van der Waals surface area contributed by atoms with Crippen LogP contribution < -0.4 is 0 Å². The van der Waals surface area contributed by atoms with Gasteiger partial charge in [-0.3, -0.25) is 14.4 Å². The molecule has 1 unspecified atom stereocenters. The molecule has 0 N–H and O–H groups in total. The minimum absolute atomic E-state index is 0.0797. The normalized spacial score (nSPS) is 12.4. The van der Waals surface area contributed by atoms with Crippen molar-refractivity contribution in [2.75, 3.05) is 13.2 Å². The molecule has 0 aliphatic rings. The Bertz CT molecular complexity index is 1290. The molecule has 0 aliphatic heterocycles. The largest absolute Gasteiger partial charge is 0.462 e. The minimum atomic E-state index is -0.784. The number of carbonyl (C=O) groups excluding carboxylic acids is 3. The van der Waals surface area contributed by atoms with Gasteiger partial charge in [0.2, 0.25) is 0 Å². The number of unbranched alkanes of at least 4 members (excludes halogenated alkanes) is 36. The van der Waals surface area contributed by atoms with E-state index in [1.54, 1.807) is 0 Å². The van der Waals surface area contributed by atoms with Crippen LogP contribution in [-0.4, -0.2) is 37.2 Å². The maximum atomic E-state index is 12.9. The standard InChI is InChI=1S/C66H118O6/c1-4-7-10-13-16-19-22-25-27-29-31-32-33-35-36-38-41-44-47-50-53-56-59-65(68)71-62-63(61-70-64(67)58-55-52-49-46-43-40-24-21-18-15-12-9-6-3)72-66(69)60-57-54-51-48-45-42-39-37-34-30-28-26-23-20-17-14-11-8-5-2/h8,11,17,20-21,24,26,28,34,37,63H,4-7,9-10,12-16,18-19,22-23,25,27,29-33,35-36,38-62H2,1-3H3/b11-8-,20-17-,24-21-,28-26-,37-34-. The second-order valence-corrected chi connectivity index (χ2v) is 20.9. The van der Waals surface area contributed by atoms with E-state index < -0.39 is 6.10 Å². The predicted molar refractivity (Wildman–Crippen MR) is 312 cm³/mol. The Kier molecular flexibility index (Phi) is 58.2. The van der Waals surface area contributed by atoms with Crippen molar-refractivity contribution in [3.8, 4) is 0 Å². The highest BCUT2D eigenvalue weighted by atomic mass is 16.6. The first kappa shape index (κ1) is 69.1. The molecule has 0 heterocycles. The van der Waals surface area contributed by atoms with Crippen molar-refractivity contribution in [3.63, 3.8) is 0 Å². The summed E-state index contributed by atoms with van der Waals surface area (Å²) in [6.07, 6.45) is 76.5. The molecule has 1 atom stereocenters. The summed E-state index contributed by atoms with van der Waals surface area (Å²) in [7, 11) is 0. The van der Waals surface area contributed by atoms with Crippen molar-refractivity contribution in [1.29, 1.82) is 0 Å². The first-order valence-electron chi connectivity index (χ1n) is 31.3. The van der Waals surface area contributed by atoms with Crippen LogP contribution in [0.1, 0.15) is 323 Å². The lowest BCUT2D eigenvalue weighted by atomic mass is 10.0. The van der Waals surface area contributed by atoms with Crippen LogP contribution in [0.25, 0.3) is 0 Å². The van der Waals surface area contributed by atoms with Crippen molar-refractivity contribution in [3.05, 3.63) is 60.8 Å². The molecule has 6 nitrogen and oxygen atoms in total. The number of hydrogen-bond acceptors (Lipinski definition) is 6. The zero-order valence-corrected chi connectivity index (χ0v) is 47.9. The van der Waals surface area contributed by atoms with E-state index in [-0.39, 0.29) is 31.1 Å². The van der Waals surface area contributed by atoms with E-state index in [9.17, 15) is 14.4 Å². The molecule has 0 aromatic carbocycles. The van der Waals surface area contributed by atoms with E-state index in [2.05, 4.69) is 81.5 Å². The fourth-order valence-electron chi connectivity index (χ4n) is 9.08. The van der Waals surface area contributed by atoms with Gasteiger partial charge in [0.15, 0.2) is 6.10 Å². The van der Waals surface area contributed by atoms with Gasteiger partial charge >= 0.3 is 17.9 Å². The third-order valence-electron chi connectivity index (χ3n) is 13.8. The Morgan fingerprint density at radius 3 is 0.875 bits per heavy atom. The van der Waals surface area contributed by atoms with Crippen molar-refractivity contribution < 1.29 is 28.6 Å². The van der Waals surface area contributed by atoms with Gasteiger partial charge in [-0.2, -0.15) is 0 Å². The van der Waals surface area contributed by atoms with Crippen molar-refractivity contribution in [1.82, 2.24) is 0 Å². The first-order chi connectivity index (χ1) is 35.5. The van der Waals surface area contributed by atoms with Crippen LogP contribution in [0.3, 0.4) is 0 Å². The van der Waals surface area contributed by atoms with E-state index in [0.29, 0.717) is 19.3 Å². The first-order valence-corrected chi connectivity index (χ1v) is 31.3. The molecule has 72 heavy (non-hydrogen) atoms. The Morgan fingerprint density at radius 1 is 0.292 bits per heavy atom. The minimum Gasteiger partial charge on any atom is -0.462 e. The Labute approximate surface area is 447 Å². The van der Waals surface area contributed by atoms with Crippen molar-refractivity contribution in [2.24, 2.45) is 0 Å². The van der Waals surface area contributed by atoms with Gasteiger partial charge in [-0.1, -0.05) is 281 Å². The van der Waals surface area contributed by atoms with E-state index in [4.69, 9.17) is 14.2 Å². The summed E-state index contributed by atoms with van der Waals surface area (Å²) in [5.41, 5.74) is 0. The van der Waals surface area contributed by atoms with E-state index in [1.165, 1.54) is 180 Å². The third kappa shape index (κ3) is 58.0. The fourth-order valence-corrected chi connectivity index (χ4v) is 9.08. The van der Waals surface area contributed by atoms with Crippen LogP contribution in [-0.2, 0) is 28.6 Å². The highest BCUT2D eigenvalue weighted by Crippen LogP contribution is 2.17. The summed E-state index contributed by atoms with van der Waals surface area (Å²) in [4.78, 5) is 38.3. The van der Waals surface area contributed by atoms with E-state index in [1.807, 2.05) is 0 Å². The molecule has 0 bridgehead atoms. The molecule has 0 spiro atoms. The SMILES string of the molecule is CC/C=C\C/C=C\C/C=C\C/C=C\CCCCCCCCC(=O)OC(COC(=O)CCCCCCC/C=C\CCCCCC)COC(=O)CCCCCCCCCCCCCCCCCCCCCCCC. The van der Waals surface area contributed by atoms with Gasteiger partial charge in [-0.25, -0.2) is 0 Å². The van der Waals surface area contributed by atoms with Gasteiger partial charge in [-0.05, 0) is 83.5 Å². The number of hydrogen-bond donors (Lipinski definition) is 0. The summed E-state index contributed by atoms with van der Waals surface area (Å²) < 4.78 is 16.9. The average Bonchev–Trinajstić information content (AvgIpc) is 3.38. The van der Waals surface area contributed by atoms with Gasteiger partial charge in [0.25, 0.3) is 0 Å². The maximum Gasteiger partial charge on any atom is 0.306 e. The van der Waals surface area contributed by atoms with Crippen LogP contribution in [0.4, 0.5) is 0 Å². The Hall–Kier alpha value is -2.89. The second-order valence-electron chi connectivity index (χ2n) is 20.9. The summed E-state index contributed by atoms with van der Waals surface area (Å²) in [5.74, 6) is -0.887. The van der Waals surface area contributed by atoms with Crippen LogP contribution in [0.15, 0.2) is 60.8 Å². The summed E-state index contributed by atoms with van der Waals surface area (Å²) >= 11 is 0. The van der Waals surface area contributed by atoms with Gasteiger partial charge in [0.1, 0.15) is 13.2 Å². The second kappa shape index (κ2) is 60.7. The average molecular weight is 1010 g/mol. The number of allylic oxidation sites excluding steroid dienone is 10. The van der Waals surface area contributed by atoms with Crippen molar-refractivity contribution >= 4 is 17.9 Å². The zero-order chi connectivity index (χ0) is 52.2. The molecule has 0 saturated carbocycles. The lowest BCUT2D eigenvalue weighted by Gasteiger charge is -2.18. The maximum absolute atomic E-state index is 12.9. The van der Waals surface area contributed by atoms with E-state index >= 15 is 0 Å². The summed E-state index contributed by atoms with van der Waals surface area (Å²) in [5, 5.41) is 0. The van der Waals surface area contributed by atoms with Crippen LogP contribution in [0.5, 0.6) is 0 Å². The smallest absolute Gasteiger partial charge is 0.306 e. The zero-order valence-electron chi connectivity index (χ0n) is 47.9. The van der Waals surface area contributed by atoms with Crippen molar-refractivity contribution in [2.45, 2.75) is 329 Å². The van der Waals surface area contributed by atoms with Crippen LogP contribution >= 0.6 is 0 Å². The van der Waals surface area contributed by atoms with Gasteiger partial charge in [-0.15, -0.1) is 0 Å². The molecule has 0 amide bonds. The summed E-state index contributed by atoms with van der Waals surface area (Å²) in [6.45, 7) is 6.54. The molecule has 0 aliphatic carbocycles. The fraction of sp³-hybridized carbons (Fsp3) is 0.803. The van der Waals surface area contributed by atoms with E-state index in [0.717, 1.165) is 103 Å². The molecule has 0 fully saturated rings. The highest BCUT2D eigenvalue weighted by molar-refractivity contribution is 5.71. The Balaban J connectivity index is 4.32. The quantitative estimate of drug-likeness (QED) is 0.0261. The molecular weight excluding hydrogens is 889 g/mol. The Morgan fingerprint density at radius 2 is 0.542 bits per heavy atom. The lowest BCUT2D eigenvalue weighted by molar-refractivity contribution is -0.167. The molecule has 0 aromatic rings. The van der Waals surface area contributed by atoms with Gasteiger partial charge in [0, 0.05) is 19.3 Å². The summed E-state index contributed by atoms with van der Waals surface area (Å²) in [6, 6.07) is 0. The van der Waals surface area contributed by atoms with Crippen LogP contribution in [0.2, 0.25) is 0 Å². The predicted octanol–water partition coefficient (Wildman–Crippen LogP) is 21.2. The number of esters is 3. The number of ether oxygens (including phenoxy) is 3. The molecule has 0 radical (unpaired) electrons. The molecule has 0 saturated heterocycles. The topological polar surface area (TPSA) is 78.9 Å². The molecule has 6 heteroatoms. The third-order valence-corrected chi connectivity index (χ3v) is 13.8. The highest BCUT2D eigenvalue weighted by Gasteiger charge is 2.19. The molecule has 0 rings (SSSR count). The van der Waals surface area contributed by atoms with Gasteiger partial charge in [0.05, 0.1) is 0 Å². The molecule has 418 valence electrons. The van der Waals surface area contributed by atoms with Crippen LogP contribution in [0, 0.1) is 0 Å². The molecular formula is C66H118O6. The number of carbonyl (C=O) groups is 3. The lowest BCUT2D eigenvalue weighted by Crippen LogP contribution is -2.30. The molecule has 0 aromatic heterocycles. The monoisotopic (exact) mass is 1010 g/mol. The van der Waals surface area contributed by atoms with Gasteiger partial charge < -0.3 is 14.2 Å².